The highest BCUT2D eigenvalue weighted by Gasteiger charge is 2.35. The van der Waals surface area contributed by atoms with Gasteiger partial charge in [-0.3, -0.25) is 0 Å². The number of hydrogen-bond acceptors (Lipinski definition) is 1. The van der Waals surface area contributed by atoms with E-state index in [0.717, 1.165) is 16.7 Å². The molecule has 0 spiro atoms. The molecule has 0 bridgehead atoms. The Hall–Kier alpha value is -2.32. The van der Waals surface area contributed by atoms with Gasteiger partial charge in [0.15, 0.2) is 0 Å². The van der Waals surface area contributed by atoms with Crippen LogP contribution in [-0.4, -0.2) is 7.05 Å². The van der Waals surface area contributed by atoms with E-state index >= 15 is 0 Å². The van der Waals surface area contributed by atoms with Crippen molar-refractivity contribution < 1.29 is 13.2 Å². The van der Waals surface area contributed by atoms with Gasteiger partial charge in [0, 0.05) is 12.4 Å². The van der Waals surface area contributed by atoms with E-state index in [1.165, 1.54) is 13.1 Å². The van der Waals surface area contributed by atoms with Crippen molar-refractivity contribution in [3.8, 4) is 0 Å². The molecule has 3 rings (SSSR count). The average Bonchev–Trinajstić information content (AvgIpc) is 2.63. The summed E-state index contributed by atoms with van der Waals surface area (Å²) < 4.78 is 40.4. The number of halogens is 3. The Balaban J connectivity index is 2.25. The smallest absolute Gasteiger partial charge is 0.387 e. The molecule has 1 N–H and O–H groups in total. The molecule has 0 fully saturated rings. The lowest BCUT2D eigenvalue weighted by Gasteiger charge is -2.24. The van der Waals surface area contributed by atoms with Gasteiger partial charge in [-0.2, -0.15) is 13.2 Å². The monoisotopic (exact) mass is 359 g/mol. The van der Waals surface area contributed by atoms with Crippen LogP contribution in [-0.2, 0) is 6.18 Å². The molecule has 0 heterocycles. The molecular formula is C20H17F3NP. The Bertz CT molecular complexity index is 793. The first kappa shape index (κ1) is 17.5. The Morgan fingerprint density at radius 1 is 0.720 bits per heavy atom. The fourth-order valence-corrected chi connectivity index (χ4v) is 5.29. The van der Waals surface area contributed by atoms with Crippen LogP contribution in [0, 0.1) is 0 Å². The molecular weight excluding hydrogens is 342 g/mol. The molecule has 0 aliphatic carbocycles. The van der Waals surface area contributed by atoms with Crippen molar-refractivity contribution in [3.05, 3.63) is 84.4 Å². The van der Waals surface area contributed by atoms with Crippen LogP contribution < -0.4 is 21.2 Å². The predicted octanol–water partition coefficient (Wildman–Crippen LogP) is 4.51. The fraction of sp³-hybridized carbons (Fsp3) is 0.100. The first-order valence-corrected chi connectivity index (χ1v) is 9.14. The highest BCUT2D eigenvalue weighted by molar-refractivity contribution is 7.80. The van der Waals surface area contributed by atoms with Gasteiger partial charge < -0.3 is 5.32 Å². The lowest BCUT2D eigenvalue weighted by Crippen LogP contribution is -2.25. The van der Waals surface area contributed by atoms with E-state index in [1.54, 1.807) is 6.07 Å². The van der Waals surface area contributed by atoms with Gasteiger partial charge in [0.2, 0.25) is 0 Å². The molecule has 0 unspecified atom stereocenters. The number of anilines is 1. The Morgan fingerprint density at radius 2 is 1.24 bits per heavy atom. The van der Waals surface area contributed by atoms with Gasteiger partial charge in [-0.15, -0.1) is 0 Å². The van der Waals surface area contributed by atoms with E-state index in [-0.39, 0.29) is 5.69 Å². The SMILES string of the molecule is CNc1c(P(c2ccccc2)c2ccccc2)cccc1C(F)(F)F. The maximum Gasteiger partial charge on any atom is 0.418 e. The van der Waals surface area contributed by atoms with Crippen LogP contribution in [0.1, 0.15) is 5.56 Å². The van der Waals surface area contributed by atoms with Gasteiger partial charge in [0.1, 0.15) is 0 Å². The maximum absolute atomic E-state index is 13.5. The minimum Gasteiger partial charge on any atom is -0.387 e. The zero-order chi connectivity index (χ0) is 17.9. The predicted molar refractivity (Wildman–Crippen MR) is 99.7 cm³/mol. The van der Waals surface area contributed by atoms with Gasteiger partial charge >= 0.3 is 6.18 Å². The van der Waals surface area contributed by atoms with E-state index in [2.05, 4.69) is 5.32 Å². The number of alkyl halides is 3. The molecule has 0 radical (unpaired) electrons. The summed E-state index contributed by atoms with van der Waals surface area (Å²) >= 11 is 0. The normalized spacial score (nSPS) is 11.6. The first-order chi connectivity index (χ1) is 12.0. The van der Waals surface area contributed by atoms with Crippen molar-refractivity contribution in [3.63, 3.8) is 0 Å². The van der Waals surface area contributed by atoms with Gasteiger partial charge in [-0.05, 0) is 24.6 Å². The van der Waals surface area contributed by atoms with Crippen molar-refractivity contribution in [1.29, 1.82) is 0 Å². The Kier molecular flexibility index (Phi) is 5.10. The van der Waals surface area contributed by atoms with E-state index in [4.69, 9.17) is 0 Å². The summed E-state index contributed by atoms with van der Waals surface area (Å²) in [7, 11) is 0.441. The first-order valence-electron chi connectivity index (χ1n) is 7.80. The molecule has 0 aliphatic rings. The second-order valence-corrected chi connectivity index (χ2v) is 7.64. The zero-order valence-corrected chi connectivity index (χ0v) is 14.5. The minimum absolute atomic E-state index is 0.147. The van der Waals surface area contributed by atoms with Gasteiger partial charge in [0.25, 0.3) is 0 Å². The molecule has 0 saturated carbocycles. The molecule has 128 valence electrons. The zero-order valence-electron chi connectivity index (χ0n) is 13.6. The third-order valence-corrected chi connectivity index (χ3v) is 6.35. The number of para-hydroxylation sites is 1. The summed E-state index contributed by atoms with van der Waals surface area (Å²) in [5.41, 5.74) is -0.485. The second kappa shape index (κ2) is 7.28. The molecule has 0 atom stereocenters. The Morgan fingerprint density at radius 3 is 1.68 bits per heavy atom. The summed E-state index contributed by atoms with van der Waals surface area (Å²) in [6.07, 6.45) is -4.40. The molecule has 0 saturated heterocycles. The topological polar surface area (TPSA) is 12.0 Å². The summed E-state index contributed by atoms with van der Waals surface area (Å²) in [5, 5.41) is 5.48. The largest absolute Gasteiger partial charge is 0.418 e. The van der Waals surface area contributed by atoms with Gasteiger partial charge in [0.05, 0.1) is 11.3 Å². The van der Waals surface area contributed by atoms with Crippen molar-refractivity contribution in [1.82, 2.24) is 0 Å². The van der Waals surface area contributed by atoms with Gasteiger partial charge in [-0.25, -0.2) is 0 Å². The molecule has 3 aromatic rings. The lowest BCUT2D eigenvalue weighted by atomic mass is 10.1. The van der Waals surface area contributed by atoms with Crippen LogP contribution in [0.4, 0.5) is 18.9 Å². The van der Waals surface area contributed by atoms with Crippen molar-refractivity contribution in [2.45, 2.75) is 6.18 Å². The van der Waals surface area contributed by atoms with Crippen molar-refractivity contribution >= 4 is 29.5 Å². The second-order valence-electron chi connectivity index (χ2n) is 5.45. The minimum atomic E-state index is -4.40. The maximum atomic E-state index is 13.5. The molecule has 0 aromatic heterocycles. The van der Waals surface area contributed by atoms with Crippen LogP contribution >= 0.6 is 7.92 Å². The van der Waals surface area contributed by atoms with Gasteiger partial charge in [-0.1, -0.05) is 72.8 Å². The summed E-state index contributed by atoms with van der Waals surface area (Å²) in [4.78, 5) is 0. The van der Waals surface area contributed by atoms with Crippen LogP contribution in [0.3, 0.4) is 0 Å². The highest BCUT2D eigenvalue weighted by Crippen LogP contribution is 2.41. The number of hydrogen-bond donors (Lipinski definition) is 1. The summed E-state index contributed by atoms with van der Waals surface area (Å²) in [5.74, 6) is 0. The van der Waals surface area contributed by atoms with Crippen LogP contribution in [0.15, 0.2) is 78.9 Å². The molecule has 0 amide bonds. The van der Waals surface area contributed by atoms with Crippen molar-refractivity contribution in [2.24, 2.45) is 0 Å². The van der Waals surface area contributed by atoms with Crippen LogP contribution in [0.5, 0.6) is 0 Å². The average molecular weight is 359 g/mol. The van der Waals surface area contributed by atoms with E-state index < -0.39 is 19.7 Å². The van der Waals surface area contributed by atoms with Crippen LogP contribution in [0.2, 0.25) is 0 Å². The molecule has 1 nitrogen and oxygen atoms in total. The Labute approximate surface area is 146 Å². The third kappa shape index (κ3) is 3.69. The highest BCUT2D eigenvalue weighted by atomic mass is 31.1. The summed E-state index contributed by atoms with van der Waals surface area (Å²) in [6.45, 7) is 0. The molecule has 0 aliphatic heterocycles. The standard InChI is InChI=1S/C20H17F3NP/c1-24-19-17(20(21,22)23)13-8-14-18(19)25(15-9-4-2-5-10-15)16-11-6-3-7-12-16/h2-14,24H,1H3. The molecule has 25 heavy (non-hydrogen) atoms. The third-order valence-electron chi connectivity index (χ3n) is 3.87. The fourth-order valence-electron chi connectivity index (χ4n) is 2.81. The van der Waals surface area contributed by atoms with E-state index in [9.17, 15) is 13.2 Å². The van der Waals surface area contributed by atoms with E-state index in [0.29, 0.717) is 5.30 Å². The van der Waals surface area contributed by atoms with Crippen LogP contribution in [0.25, 0.3) is 0 Å². The van der Waals surface area contributed by atoms with E-state index in [1.807, 2.05) is 60.7 Å². The number of benzene rings is 3. The number of nitrogens with one attached hydrogen (secondary N) is 1. The quantitative estimate of drug-likeness (QED) is 0.676. The lowest BCUT2D eigenvalue weighted by molar-refractivity contribution is -0.136. The molecule has 3 aromatic carbocycles. The van der Waals surface area contributed by atoms with Crippen molar-refractivity contribution in [2.75, 3.05) is 12.4 Å². The number of rotatable bonds is 4. The summed E-state index contributed by atoms with van der Waals surface area (Å²) in [6, 6.07) is 23.8. The molecule has 5 heteroatoms.